The second kappa shape index (κ2) is 11.5. The normalized spacial score (nSPS) is 18.7. The Morgan fingerprint density at radius 3 is 1.70 bits per heavy atom. The second-order valence-corrected chi connectivity index (χ2v) is 11.4. The third kappa shape index (κ3) is 6.46. The number of carbonyl (C=O) groups is 4. The highest BCUT2D eigenvalue weighted by Crippen LogP contribution is 2.27. The van der Waals surface area contributed by atoms with E-state index in [0.29, 0.717) is 0 Å². The number of anilines is 2. The Morgan fingerprint density at radius 1 is 0.721 bits per heavy atom. The highest BCUT2D eigenvalue weighted by Gasteiger charge is 2.39. The molecule has 1 atom stereocenters. The molecule has 222 valence electrons. The molecule has 2 heterocycles. The lowest BCUT2D eigenvalue weighted by molar-refractivity contribution is -0.130. The molecule has 16 nitrogen and oxygen atoms in total. The van der Waals surface area contributed by atoms with Crippen molar-refractivity contribution in [2.24, 2.45) is 16.1 Å². The maximum absolute atomic E-state index is 12.9. The highest BCUT2D eigenvalue weighted by molar-refractivity contribution is 7.86. The molecule has 2 aliphatic rings. The van der Waals surface area contributed by atoms with Crippen LogP contribution < -0.4 is 10.0 Å². The zero-order chi connectivity index (χ0) is 31.7. The largest absolute Gasteiger partial charge is 0.477 e. The lowest BCUT2D eigenvalue weighted by Crippen LogP contribution is -2.28. The van der Waals surface area contributed by atoms with Crippen molar-refractivity contribution in [2.45, 2.75) is 9.79 Å². The van der Waals surface area contributed by atoms with Crippen LogP contribution in [0.15, 0.2) is 104 Å². The number of carboxylic acid groups (broad SMARTS) is 2. The number of allylic oxidation sites excluding steroid dienone is 4. The fourth-order valence-electron chi connectivity index (χ4n) is 3.81. The van der Waals surface area contributed by atoms with E-state index < -0.39 is 71.1 Å². The minimum Gasteiger partial charge on any atom is -0.477 e. The van der Waals surface area contributed by atoms with E-state index in [-0.39, 0.29) is 16.9 Å². The maximum Gasteiger partial charge on any atom is 0.357 e. The minimum atomic E-state index is -4.50. The first-order valence-electron chi connectivity index (χ1n) is 11.6. The van der Waals surface area contributed by atoms with Crippen molar-refractivity contribution in [3.63, 3.8) is 0 Å². The van der Waals surface area contributed by atoms with Crippen LogP contribution in [0.25, 0.3) is 0 Å². The van der Waals surface area contributed by atoms with Crippen molar-refractivity contribution in [2.75, 3.05) is 10.0 Å². The molecule has 2 aromatic rings. The number of carbonyl (C=O) groups excluding carboxylic acids is 2. The summed E-state index contributed by atoms with van der Waals surface area (Å²) < 4.78 is 63.2. The molecule has 0 fully saturated rings. The van der Waals surface area contributed by atoms with Crippen LogP contribution >= 0.6 is 0 Å². The molecule has 1 unspecified atom stereocenters. The van der Waals surface area contributed by atoms with Crippen LogP contribution in [-0.2, 0) is 39.4 Å². The van der Waals surface area contributed by atoms with Gasteiger partial charge in [0.2, 0.25) is 0 Å². The van der Waals surface area contributed by atoms with Gasteiger partial charge in [-0.1, -0.05) is 24.3 Å². The number of aliphatic carboxylic acids is 2. The summed E-state index contributed by atoms with van der Waals surface area (Å²) in [6.45, 7) is 0. The van der Waals surface area contributed by atoms with E-state index in [2.05, 4.69) is 10.2 Å². The number of amides is 2. The van der Waals surface area contributed by atoms with Gasteiger partial charge in [0.25, 0.3) is 32.1 Å². The topological polar surface area (TPSA) is 249 Å². The summed E-state index contributed by atoms with van der Waals surface area (Å²) in [5.41, 5.74) is -1.47. The first-order chi connectivity index (χ1) is 20.1. The van der Waals surface area contributed by atoms with Crippen molar-refractivity contribution < 1.29 is 55.3 Å². The Bertz CT molecular complexity index is 1910. The molecule has 0 aliphatic carbocycles. The van der Waals surface area contributed by atoms with Gasteiger partial charge in [-0.2, -0.15) is 37.1 Å². The van der Waals surface area contributed by atoms with E-state index in [0.717, 1.165) is 64.6 Å². The quantitative estimate of drug-likeness (QED) is 0.173. The molecule has 2 aromatic carbocycles. The summed E-state index contributed by atoms with van der Waals surface area (Å²) >= 11 is 0. The van der Waals surface area contributed by atoms with E-state index in [1.165, 1.54) is 24.3 Å². The number of hydrogen-bond donors (Lipinski definition) is 4. The molecular weight excluding hydrogens is 612 g/mol. The number of nitrogens with zero attached hydrogens (tertiary/aromatic N) is 4. The van der Waals surface area contributed by atoms with Gasteiger partial charge in [-0.15, -0.1) is 0 Å². The molecule has 2 aliphatic heterocycles. The van der Waals surface area contributed by atoms with Crippen LogP contribution in [0.1, 0.15) is 0 Å². The van der Waals surface area contributed by atoms with Crippen LogP contribution in [0.2, 0.25) is 0 Å². The summed E-state index contributed by atoms with van der Waals surface area (Å²) in [5, 5.41) is 28.0. The molecule has 0 radical (unpaired) electrons. The van der Waals surface area contributed by atoms with Gasteiger partial charge in [0, 0.05) is 0 Å². The Kier molecular flexibility index (Phi) is 8.22. The summed E-state index contributed by atoms with van der Waals surface area (Å²) in [6, 6.07) is 8.56. The smallest absolute Gasteiger partial charge is 0.357 e. The molecule has 0 aromatic heterocycles. The number of carboxylic acids is 2. The minimum absolute atomic E-state index is 0.0147. The third-order valence-electron chi connectivity index (χ3n) is 5.82. The van der Waals surface area contributed by atoms with Gasteiger partial charge in [0.15, 0.2) is 11.4 Å². The average molecular weight is 631 g/mol. The standard InChI is InChI=1S/C25H18N4O12S2/c30-22-18(20(24(32)33)26-28(22)14-6-10-16(11-7-14)42(36,37)38)4-2-1-3-5-19-21(25(34)35)27-29(23(19)31)15-8-12-17(13-9-15)43(39,40)41/h1-13,18H,(H,32,33)(H,34,35)(H,36,37,38)(H,39,40,41)/b3-1+,4-2+,19-5-. The van der Waals surface area contributed by atoms with Crippen molar-refractivity contribution in [1.29, 1.82) is 0 Å². The summed E-state index contributed by atoms with van der Waals surface area (Å²) in [4.78, 5) is 48.2. The number of rotatable bonds is 9. The predicted molar refractivity (Wildman–Crippen MR) is 147 cm³/mol. The van der Waals surface area contributed by atoms with Crippen LogP contribution in [0.3, 0.4) is 0 Å². The Morgan fingerprint density at radius 2 is 1.23 bits per heavy atom. The first-order valence-corrected chi connectivity index (χ1v) is 14.5. The molecule has 0 bridgehead atoms. The van der Waals surface area contributed by atoms with Gasteiger partial charge in [0.1, 0.15) is 5.92 Å². The van der Waals surface area contributed by atoms with E-state index in [9.17, 15) is 46.2 Å². The van der Waals surface area contributed by atoms with Gasteiger partial charge in [0.05, 0.1) is 26.7 Å². The summed E-state index contributed by atoms with van der Waals surface area (Å²) in [7, 11) is -9.00. The number of hydrogen-bond acceptors (Lipinski definition) is 10. The molecule has 43 heavy (non-hydrogen) atoms. The lowest BCUT2D eigenvalue weighted by Gasteiger charge is -2.13. The second-order valence-electron chi connectivity index (χ2n) is 8.58. The van der Waals surface area contributed by atoms with Gasteiger partial charge < -0.3 is 10.2 Å². The predicted octanol–water partition coefficient (Wildman–Crippen LogP) is 1.11. The molecule has 0 spiro atoms. The maximum atomic E-state index is 12.9. The number of benzene rings is 2. The summed E-state index contributed by atoms with van der Waals surface area (Å²) in [6.07, 6.45) is 6.06. The molecule has 4 rings (SSSR count). The Hall–Kier alpha value is -5.30. The highest BCUT2D eigenvalue weighted by atomic mass is 32.2. The fraction of sp³-hybridized carbons (Fsp3) is 0.0400. The average Bonchev–Trinajstić information content (AvgIpc) is 3.44. The SMILES string of the molecule is O=C(O)C1=NN(c2ccc(S(=O)(=O)O)cc2)C(=O)\C1=C/C=C/C=C/C1C(=O)N(c2ccc(S(=O)(=O)O)cc2)N=C1C(=O)O. The van der Waals surface area contributed by atoms with Crippen molar-refractivity contribution in [3.8, 4) is 0 Å². The van der Waals surface area contributed by atoms with Crippen molar-refractivity contribution in [1.82, 2.24) is 0 Å². The Labute approximate surface area is 242 Å². The Balaban J connectivity index is 1.52. The number of hydrazone groups is 2. The summed E-state index contributed by atoms with van der Waals surface area (Å²) in [5.74, 6) is -6.06. The molecule has 2 amide bonds. The lowest BCUT2D eigenvalue weighted by atomic mass is 10.0. The zero-order valence-corrected chi connectivity index (χ0v) is 22.9. The van der Waals surface area contributed by atoms with Gasteiger partial charge in [-0.05, 0) is 54.6 Å². The molecule has 0 saturated heterocycles. The van der Waals surface area contributed by atoms with E-state index in [4.69, 9.17) is 9.11 Å². The van der Waals surface area contributed by atoms with Crippen LogP contribution in [0.4, 0.5) is 11.4 Å². The van der Waals surface area contributed by atoms with E-state index >= 15 is 0 Å². The van der Waals surface area contributed by atoms with Crippen molar-refractivity contribution in [3.05, 3.63) is 84.5 Å². The van der Waals surface area contributed by atoms with Crippen LogP contribution in [0.5, 0.6) is 0 Å². The van der Waals surface area contributed by atoms with Crippen LogP contribution in [-0.4, -0.2) is 71.3 Å². The monoisotopic (exact) mass is 630 g/mol. The van der Waals surface area contributed by atoms with E-state index in [1.54, 1.807) is 0 Å². The molecule has 0 saturated carbocycles. The third-order valence-corrected chi connectivity index (χ3v) is 7.56. The zero-order valence-electron chi connectivity index (χ0n) is 21.2. The molecular formula is C25H18N4O12S2. The van der Waals surface area contributed by atoms with Crippen molar-refractivity contribution >= 4 is 66.8 Å². The van der Waals surface area contributed by atoms with E-state index in [1.807, 2.05) is 0 Å². The van der Waals surface area contributed by atoms with Gasteiger partial charge >= 0.3 is 11.9 Å². The van der Waals surface area contributed by atoms with Crippen LogP contribution in [0, 0.1) is 5.92 Å². The molecule has 4 N–H and O–H groups in total. The first kappa shape index (κ1) is 30.7. The van der Waals surface area contributed by atoms with Gasteiger partial charge in [-0.25, -0.2) is 9.59 Å². The molecule has 18 heteroatoms. The fourth-order valence-corrected chi connectivity index (χ4v) is 4.77. The van der Waals surface area contributed by atoms with Gasteiger partial charge in [-0.3, -0.25) is 18.7 Å².